The van der Waals surface area contributed by atoms with E-state index in [0.29, 0.717) is 17.9 Å². The van der Waals surface area contributed by atoms with Crippen LogP contribution in [0.2, 0.25) is 0 Å². The van der Waals surface area contributed by atoms with Crippen molar-refractivity contribution >= 4 is 11.6 Å². The molecule has 2 rings (SSSR count). The Hall–Kier alpha value is -2.49. The molecule has 0 unspecified atom stereocenters. The lowest BCUT2D eigenvalue weighted by molar-refractivity contribution is -0.122. The second-order valence-corrected chi connectivity index (χ2v) is 5.98. The molecule has 1 N–H and O–H groups in total. The van der Waals surface area contributed by atoms with Crippen LogP contribution in [0.4, 0.5) is 5.69 Å². The molecule has 0 saturated heterocycles. The van der Waals surface area contributed by atoms with Crippen molar-refractivity contribution in [2.24, 2.45) is 0 Å². The van der Waals surface area contributed by atoms with Gasteiger partial charge in [-0.15, -0.1) is 0 Å². The molecule has 0 aliphatic rings. The first-order valence-electron chi connectivity index (χ1n) is 8.86. The Kier molecular flexibility index (Phi) is 7.33. The fraction of sp³-hybridized carbons (Fsp3) is 0.381. The van der Waals surface area contributed by atoms with Gasteiger partial charge < -0.3 is 14.8 Å². The second kappa shape index (κ2) is 9.72. The van der Waals surface area contributed by atoms with Gasteiger partial charge in [0.15, 0.2) is 6.10 Å². The Morgan fingerprint density at radius 2 is 1.80 bits per heavy atom. The number of aryl methyl sites for hydroxylation is 1. The van der Waals surface area contributed by atoms with Gasteiger partial charge in [-0.2, -0.15) is 0 Å². The summed E-state index contributed by atoms with van der Waals surface area (Å²) in [6, 6.07) is 15.3. The average Bonchev–Trinajstić information content (AvgIpc) is 2.65. The van der Waals surface area contributed by atoms with Crippen molar-refractivity contribution in [1.82, 2.24) is 0 Å². The predicted molar refractivity (Wildman–Crippen MR) is 101 cm³/mol. The van der Waals surface area contributed by atoms with Crippen LogP contribution in [0.15, 0.2) is 48.5 Å². The molecule has 0 aromatic heterocycles. The van der Waals surface area contributed by atoms with Gasteiger partial charge in [-0.3, -0.25) is 4.79 Å². The molecule has 1 amide bonds. The average molecular weight is 341 g/mol. The number of carbonyl (C=O) groups excluding carboxylic acids is 1. The minimum absolute atomic E-state index is 0.147. The third-order valence-electron chi connectivity index (χ3n) is 4.02. The standard InChI is InChI=1S/C21H27NO3/c1-4-6-8-16-11-13-17(14-12-16)22-21(23)20(5-2)25-19-10-7-9-18(15-19)24-3/h7,9-15,20H,4-6,8H2,1-3H3,(H,22,23)/t20-/m0/s1. The van der Waals surface area contributed by atoms with Gasteiger partial charge in [-0.25, -0.2) is 0 Å². The highest BCUT2D eigenvalue weighted by molar-refractivity contribution is 5.94. The minimum Gasteiger partial charge on any atom is -0.497 e. The van der Waals surface area contributed by atoms with Crippen molar-refractivity contribution in [3.63, 3.8) is 0 Å². The summed E-state index contributed by atoms with van der Waals surface area (Å²) in [4.78, 5) is 12.5. The zero-order chi connectivity index (χ0) is 18.1. The molecule has 2 aromatic rings. The molecule has 0 fully saturated rings. The van der Waals surface area contributed by atoms with E-state index in [0.717, 1.165) is 12.1 Å². The number of ether oxygens (including phenoxy) is 2. The van der Waals surface area contributed by atoms with Crippen molar-refractivity contribution in [3.05, 3.63) is 54.1 Å². The van der Waals surface area contributed by atoms with Crippen molar-refractivity contribution in [2.75, 3.05) is 12.4 Å². The summed E-state index contributed by atoms with van der Waals surface area (Å²) >= 11 is 0. The molecule has 4 heteroatoms. The third kappa shape index (κ3) is 5.82. The normalized spacial score (nSPS) is 11.6. The van der Waals surface area contributed by atoms with Crippen molar-refractivity contribution in [1.29, 1.82) is 0 Å². The van der Waals surface area contributed by atoms with Gasteiger partial charge in [0.05, 0.1) is 7.11 Å². The summed E-state index contributed by atoms with van der Waals surface area (Å²) in [5.74, 6) is 1.18. The van der Waals surface area contributed by atoms with Gasteiger partial charge in [0.2, 0.25) is 0 Å². The van der Waals surface area contributed by atoms with Gasteiger partial charge in [-0.05, 0) is 49.1 Å². The highest BCUT2D eigenvalue weighted by atomic mass is 16.5. The molecule has 0 bridgehead atoms. The van der Waals surface area contributed by atoms with Gasteiger partial charge in [0.25, 0.3) is 5.91 Å². The molecule has 0 aliphatic carbocycles. The summed E-state index contributed by atoms with van der Waals surface area (Å²) in [5, 5.41) is 2.93. The van der Waals surface area contributed by atoms with Crippen molar-refractivity contribution in [3.8, 4) is 11.5 Å². The van der Waals surface area contributed by atoms with Crippen LogP contribution in [0.1, 0.15) is 38.7 Å². The predicted octanol–water partition coefficient (Wildman–Crippen LogP) is 4.83. The first-order valence-corrected chi connectivity index (χ1v) is 8.86. The van der Waals surface area contributed by atoms with Gasteiger partial charge >= 0.3 is 0 Å². The highest BCUT2D eigenvalue weighted by Gasteiger charge is 2.18. The number of methoxy groups -OCH3 is 1. The SMILES string of the molecule is CCCCc1ccc(NC(=O)[C@H](CC)Oc2cccc(OC)c2)cc1. The molecule has 1 atom stereocenters. The van der Waals surface area contributed by atoms with E-state index in [-0.39, 0.29) is 5.91 Å². The minimum atomic E-state index is -0.549. The Labute approximate surface area is 150 Å². The molecule has 134 valence electrons. The number of carbonyl (C=O) groups is 1. The number of anilines is 1. The number of nitrogens with one attached hydrogen (secondary N) is 1. The maximum atomic E-state index is 12.5. The van der Waals surface area contributed by atoms with Gasteiger partial charge in [-0.1, -0.05) is 38.5 Å². The molecule has 2 aromatic carbocycles. The number of benzene rings is 2. The first kappa shape index (κ1) is 18.8. The fourth-order valence-corrected chi connectivity index (χ4v) is 2.52. The number of rotatable bonds is 9. The fourth-order valence-electron chi connectivity index (χ4n) is 2.52. The summed E-state index contributed by atoms with van der Waals surface area (Å²) in [6.07, 6.45) is 3.46. The van der Waals surface area contributed by atoms with E-state index >= 15 is 0 Å². The molecule has 0 radical (unpaired) electrons. The molecule has 4 nitrogen and oxygen atoms in total. The Bertz CT molecular complexity index is 667. The quantitative estimate of drug-likeness (QED) is 0.710. The zero-order valence-corrected chi connectivity index (χ0v) is 15.2. The summed E-state index contributed by atoms with van der Waals surface area (Å²) in [6.45, 7) is 4.11. The van der Waals surface area contributed by atoms with Crippen LogP contribution in [0.25, 0.3) is 0 Å². The Morgan fingerprint density at radius 3 is 2.44 bits per heavy atom. The monoisotopic (exact) mass is 341 g/mol. The van der Waals surface area contributed by atoms with Crippen LogP contribution in [-0.4, -0.2) is 19.1 Å². The Balaban J connectivity index is 1.97. The molecular weight excluding hydrogens is 314 g/mol. The molecular formula is C21H27NO3. The number of hydrogen-bond acceptors (Lipinski definition) is 3. The molecule has 0 aliphatic heterocycles. The van der Waals surface area contributed by atoms with Crippen LogP contribution >= 0.6 is 0 Å². The maximum absolute atomic E-state index is 12.5. The number of unbranched alkanes of at least 4 members (excludes halogenated alkanes) is 1. The van der Waals surface area contributed by atoms with E-state index in [1.165, 1.54) is 18.4 Å². The van der Waals surface area contributed by atoms with E-state index in [1.54, 1.807) is 13.2 Å². The summed E-state index contributed by atoms with van der Waals surface area (Å²) in [5.41, 5.74) is 2.08. The second-order valence-electron chi connectivity index (χ2n) is 5.98. The van der Waals surface area contributed by atoms with Gasteiger partial charge in [0.1, 0.15) is 11.5 Å². The van der Waals surface area contributed by atoms with E-state index in [9.17, 15) is 4.79 Å². The van der Waals surface area contributed by atoms with Gasteiger partial charge in [0, 0.05) is 11.8 Å². The molecule has 0 spiro atoms. The lowest BCUT2D eigenvalue weighted by Crippen LogP contribution is -2.32. The van der Waals surface area contributed by atoms with Crippen LogP contribution in [-0.2, 0) is 11.2 Å². The van der Waals surface area contributed by atoms with E-state index in [1.807, 2.05) is 37.3 Å². The Morgan fingerprint density at radius 1 is 1.08 bits per heavy atom. The van der Waals surface area contributed by atoms with E-state index in [2.05, 4.69) is 24.4 Å². The van der Waals surface area contributed by atoms with Crippen LogP contribution in [0, 0.1) is 0 Å². The molecule has 25 heavy (non-hydrogen) atoms. The summed E-state index contributed by atoms with van der Waals surface area (Å²) in [7, 11) is 1.60. The molecule has 0 saturated carbocycles. The lowest BCUT2D eigenvalue weighted by atomic mass is 10.1. The van der Waals surface area contributed by atoms with Crippen LogP contribution < -0.4 is 14.8 Å². The highest BCUT2D eigenvalue weighted by Crippen LogP contribution is 2.21. The summed E-state index contributed by atoms with van der Waals surface area (Å²) < 4.78 is 11.0. The van der Waals surface area contributed by atoms with E-state index < -0.39 is 6.10 Å². The molecule has 0 heterocycles. The lowest BCUT2D eigenvalue weighted by Gasteiger charge is -2.18. The largest absolute Gasteiger partial charge is 0.497 e. The topological polar surface area (TPSA) is 47.6 Å². The first-order chi connectivity index (χ1) is 12.2. The van der Waals surface area contributed by atoms with Crippen molar-refractivity contribution in [2.45, 2.75) is 45.6 Å². The smallest absolute Gasteiger partial charge is 0.265 e. The third-order valence-corrected chi connectivity index (χ3v) is 4.02. The van der Waals surface area contributed by atoms with E-state index in [4.69, 9.17) is 9.47 Å². The number of amides is 1. The maximum Gasteiger partial charge on any atom is 0.265 e. The number of hydrogen-bond donors (Lipinski definition) is 1. The zero-order valence-electron chi connectivity index (χ0n) is 15.2. The van der Waals surface area contributed by atoms with Crippen LogP contribution in [0.3, 0.4) is 0 Å². The van der Waals surface area contributed by atoms with Crippen LogP contribution in [0.5, 0.6) is 11.5 Å². The van der Waals surface area contributed by atoms with Crippen molar-refractivity contribution < 1.29 is 14.3 Å².